The van der Waals surface area contributed by atoms with Gasteiger partial charge in [0.05, 0.1) is 6.04 Å². The topological polar surface area (TPSA) is 55.4 Å². The summed E-state index contributed by atoms with van der Waals surface area (Å²) in [6.07, 6.45) is 2.10. The number of halogens is 2. The third-order valence-electron chi connectivity index (χ3n) is 3.78. The third kappa shape index (κ3) is 5.62. The highest BCUT2D eigenvalue weighted by Gasteiger charge is 2.19. The lowest BCUT2D eigenvalue weighted by Crippen LogP contribution is -2.28. The quantitative estimate of drug-likeness (QED) is 0.751. The van der Waals surface area contributed by atoms with E-state index in [-0.39, 0.29) is 11.7 Å². The van der Waals surface area contributed by atoms with Gasteiger partial charge >= 0.3 is 6.61 Å². The van der Waals surface area contributed by atoms with Crippen LogP contribution in [0.25, 0.3) is 0 Å². The molecule has 0 aromatic heterocycles. The highest BCUT2D eigenvalue weighted by atomic mass is 32.2. The number of hydrogen-bond acceptors (Lipinski definition) is 3. The first-order valence-corrected chi connectivity index (χ1v) is 9.87. The Bertz CT molecular complexity index is 783. The van der Waals surface area contributed by atoms with Gasteiger partial charge in [-0.2, -0.15) is 8.78 Å². The first kappa shape index (κ1) is 20.0. The molecular formula is C19H21F2NO3S. The molecule has 1 amide bonds. The number of carbonyl (C=O) groups excluding carboxylic acids is 1. The van der Waals surface area contributed by atoms with Gasteiger partial charge in [0.2, 0.25) is 0 Å². The Morgan fingerprint density at radius 2 is 1.92 bits per heavy atom. The number of benzene rings is 2. The van der Waals surface area contributed by atoms with Gasteiger partial charge in [-0.15, -0.1) is 0 Å². The van der Waals surface area contributed by atoms with E-state index in [1.54, 1.807) is 48.7 Å². The number of ether oxygens (including phenoxy) is 1. The number of carbonyl (C=O) groups is 1. The lowest BCUT2D eigenvalue weighted by molar-refractivity contribution is -0.0506. The zero-order valence-electron chi connectivity index (χ0n) is 14.6. The van der Waals surface area contributed by atoms with Crippen LogP contribution in [-0.4, -0.2) is 23.0 Å². The molecule has 140 valence electrons. The summed E-state index contributed by atoms with van der Waals surface area (Å²) in [7, 11) is -1.01. The number of amides is 1. The molecule has 1 N–H and O–H groups in total. The van der Waals surface area contributed by atoms with Crippen molar-refractivity contribution in [2.75, 3.05) is 6.26 Å². The lowest BCUT2D eigenvalue weighted by atomic mass is 10.0. The highest BCUT2D eigenvalue weighted by molar-refractivity contribution is 7.83. The fourth-order valence-electron chi connectivity index (χ4n) is 2.65. The Labute approximate surface area is 154 Å². The SMILES string of the molecule is CC[C@@H](NC(=O)c1cccc(C[S@](C)=O)c1)c1ccccc1OC(F)F. The first-order chi connectivity index (χ1) is 12.4. The van der Waals surface area contributed by atoms with Gasteiger partial charge in [-0.1, -0.05) is 37.3 Å². The van der Waals surface area contributed by atoms with Crippen LogP contribution in [0.15, 0.2) is 48.5 Å². The summed E-state index contributed by atoms with van der Waals surface area (Å²) in [5.41, 5.74) is 1.72. The monoisotopic (exact) mass is 381 g/mol. The molecule has 26 heavy (non-hydrogen) atoms. The van der Waals surface area contributed by atoms with Crippen molar-refractivity contribution in [3.05, 3.63) is 65.2 Å². The molecule has 2 atom stereocenters. The Kier molecular flexibility index (Phi) is 7.26. The van der Waals surface area contributed by atoms with E-state index >= 15 is 0 Å². The lowest BCUT2D eigenvalue weighted by Gasteiger charge is -2.20. The van der Waals surface area contributed by atoms with Crippen LogP contribution in [0, 0.1) is 0 Å². The Morgan fingerprint density at radius 3 is 2.58 bits per heavy atom. The molecule has 0 aliphatic rings. The summed E-state index contributed by atoms with van der Waals surface area (Å²) in [5.74, 6) is 0.0841. The molecule has 0 fully saturated rings. The summed E-state index contributed by atoms with van der Waals surface area (Å²) in [4.78, 5) is 12.6. The van der Waals surface area contributed by atoms with Gasteiger partial charge in [-0.25, -0.2) is 0 Å². The second-order valence-electron chi connectivity index (χ2n) is 5.77. The van der Waals surface area contributed by atoms with Gasteiger partial charge in [0.1, 0.15) is 5.75 Å². The summed E-state index contributed by atoms with van der Waals surface area (Å²) >= 11 is 0. The van der Waals surface area contributed by atoms with Crippen molar-refractivity contribution in [2.24, 2.45) is 0 Å². The van der Waals surface area contributed by atoms with Gasteiger partial charge in [-0.05, 0) is 30.2 Å². The summed E-state index contributed by atoms with van der Waals surface area (Å²) in [5, 5.41) is 2.85. The van der Waals surface area contributed by atoms with E-state index in [4.69, 9.17) is 0 Å². The van der Waals surface area contributed by atoms with Crippen LogP contribution < -0.4 is 10.1 Å². The van der Waals surface area contributed by atoms with E-state index in [0.717, 1.165) is 5.56 Å². The average molecular weight is 381 g/mol. The van der Waals surface area contributed by atoms with Crippen LogP contribution in [-0.2, 0) is 16.6 Å². The molecule has 0 saturated heterocycles. The third-order valence-corrected chi connectivity index (χ3v) is 4.52. The number of hydrogen-bond donors (Lipinski definition) is 1. The molecular weight excluding hydrogens is 360 g/mol. The van der Waals surface area contributed by atoms with Gasteiger partial charge in [0.15, 0.2) is 0 Å². The molecule has 2 rings (SSSR count). The minimum Gasteiger partial charge on any atom is -0.434 e. The molecule has 0 spiro atoms. The van der Waals surface area contributed by atoms with Crippen molar-refractivity contribution in [1.82, 2.24) is 5.32 Å². The number of para-hydroxylation sites is 1. The smallest absolute Gasteiger partial charge is 0.387 e. The second kappa shape index (κ2) is 9.43. The Balaban J connectivity index is 2.20. The van der Waals surface area contributed by atoms with Gasteiger partial charge in [-0.3, -0.25) is 9.00 Å². The van der Waals surface area contributed by atoms with Crippen molar-refractivity contribution in [2.45, 2.75) is 31.8 Å². The zero-order valence-corrected chi connectivity index (χ0v) is 15.4. The van der Waals surface area contributed by atoms with Crippen molar-refractivity contribution < 1.29 is 22.5 Å². The normalized spacial score (nSPS) is 13.3. The fraction of sp³-hybridized carbons (Fsp3) is 0.316. The molecule has 4 nitrogen and oxygen atoms in total. The molecule has 2 aromatic rings. The van der Waals surface area contributed by atoms with Crippen molar-refractivity contribution >= 4 is 16.7 Å². The van der Waals surface area contributed by atoms with Crippen molar-refractivity contribution in [3.63, 3.8) is 0 Å². The van der Waals surface area contributed by atoms with Gasteiger partial charge in [0.25, 0.3) is 5.91 Å². The summed E-state index contributed by atoms with van der Waals surface area (Å²) in [6, 6.07) is 12.8. The largest absolute Gasteiger partial charge is 0.434 e. The maximum Gasteiger partial charge on any atom is 0.387 e. The van der Waals surface area contributed by atoms with Crippen LogP contribution in [0.3, 0.4) is 0 Å². The van der Waals surface area contributed by atoms with Gasteiger partial charge in [0, 0.05) is 33.9 Å². The average Bonchev–Trinajstić information content (AvgIpc) is 2.59. The fourth-order valence-corrected chi connectivity index (χ4v) is 3.30. The second-order valence-corrected chi connectivity index (χ2v) is 7.20. The van der Waals surface area contributed by atoms with Crippen LogP contribution in [0.2, 0.25) is 0 Å². The molecule has 2 aromatic carbocycles. The molecule has 0 heterocycles. The van der Waals surface area contributed by atoms with E-state index < -0.39 is 23.5 Å². The standard InChI is InChI=1S/C19H21F2NO3S/c1-3-16(15-9-4-5-10-17(15)25-19(20)21)22-18(23)14-8-6-7-13(11-14)12-26(2)24/h4-11,16,19H,3,12H2,1-2H3,(H,22,23)/t16-,26+/m1/s1. The molecule has 0 aliphatic carbocycles. The maximum atomic E-state index is 12.6. The molecule has 0 aliphatic heterocycles. The predicted molar refractivity (Wildman–Crippen MR) is 97.8 cm³/mol. The summed E-state index contributed by atoms with van der Waals surface area (Å²) in [6.45, 7) is -1.09. The zero-order chi connectivity index (χ0) is 19.1. The molecule has 0 radical (unpaired) electrons. The van der Waals surface area contributed by atoms with Gasteiger partial charge < -0.3 is 10.1 Å². The Morgan fingerprint density at radius 1 is 1.19 bits per heavy atom. The van der Waals surface area contributed by atoms with Crippen LogP contribution >= 0.6 is 0 Å². The van der Waals surface area contributed by atoms with E-state index in [9.17, 15) is 17.8 Å². The van der Waals surface area contributed by atoms with Crippen LogP contribution in [0.1, 0.15) is 40.9 Å². The number of rotatable bonds is 8. The molecule has 0 unspecified atom stereocenters. The van der Waals surface area contributed by atoms with E-state index in [0.29, 0.717) is 23.3 Å². The molecule has 0 bridgehead atoms. The minimum atomic E-state index is -2.93. The minimum absolute atomic E-state index is 0.0461. The van der Waals surface area contributed by atoms with E-state index in [2.05, 4.69) is 10.1 Å². The highest BCUT2D eigenvalue weighted by Crippen LogP contribution is 2.28. The summed E-state index contributed by atoms with van der Waals surface area (Å²) < 4.78 is 41.1. The van der Waals surface area contributed by atoms with E-state index in [1.165, 1.54) is 6.07 Å². The van der Waals surface area contributed by atoms with Crippen LogP contribution in [0.5, 0.6) is 5.75 Å². The maximum absolute atomic E-state index is 12.6. The Hall–Kier alpha value is -2.28. The number of nitrogens with one attached hydrogen (secondary N) is 1. The van der Waals surface area contributed by atoms with E-state index in [1.807, 2.05) is 6.92 Å². The van der Waals surface area contributed by atoms with Crippen molar-refractivity contribution in [1.29, 1.82) is 0 Å². The first-order valence-electron chi connectivity index (χ1n) is 8.14. The number of alkyl halides is 2. The molecule has 0 saturated carbocycles. The van der Waals surface area contributed by atoms with Crippen LogP contribution in [0.4, 0.5) is 8.78 Å². The molecule has 7 heteroatoms. The van der Waals surface area contributed by atoms with Crippen molar-refractivity contribution in [3.8, 4) is 5.75 Å². The predicted octanol–water partition coefficient (Wildman–Crippen LogP) is 4.05.